The van der Waals surface area contributed by atoms with E-state index in [0.29, 0.717) is 19.4 Å². The molecule has 3 atom stereocenters. The number of carbonyl (C=O) groups excluding carboxylic acids is 1. The highest BCUT2D eigenvalue weighted by Gasteiger charge is 2.39. The Morgan fingerprint density at radius 2 is 1.86 bits per heavy atom. The third-order valence-corrected chi connectivity index (χ3v) is 10.3. The second kappa shape index (κ2) is 9.86. The molecule has 1 aromatic rings. The number of hydrogen-bond acceptors (Lipinski definition) is 4. The van der Waals surface area contributed by atoms with Crippen molar-refractivity contribution in [3.8, 4) is 0 Å². The minimum absolute atomic E-state index is 0.0351. The zero-order valence-electron chi connectivity index (χ0n) is 18.2. The monoisotopic (exact) mass is 404 g/mol. The van der Waals surface area contributed by atoms with Crippen LogP contribution < -0.4 is 0 Å². The molecular weight excluding hydrogens is 368 g/mol. The Kier molecular flexibility index (Phi) is 8.04. The van der Waals surface area contributed by atoms with E-state index in [2.05, 4.69) is 39.9 Å². The zero-order chi connectivity index (χ0) is 20.8. The highest BCUT2D eigenvalue weighted by Crippen LogP contribution is 2.38. The maximum absolute atomic E-state index is 12.3. The molecule has 0 aliphatic carbocycles. The van der Waals surface area contributed by atoms with Crippen LogP contribution in [0.2, 0.25) is 18.1 Å². The van der Waals surface area contributed by atoms with Crippen molar-refractivity contribution in [2.45, 2.75) is 90.0 Å². The Labute approximate surface area is 171 Å². The Hall–Kier alpha value is -1.43. The second-order valence-electron chi connectivity index (χ2n) is 9.16. The van der Waals surface area contributed by atoms with Gasteiger partial charge in [0.2, 0.25) is 0 Å². The van der Waals surface area contributed by atoms with Gasteiger partial charge < -0.3 is 13.9 Å². The lowest BCUT2D eigenvalue weighted by Gasteiger charge is -2.39. The normalized spacial score (nSPS) is 25.8. The molecule has 1 aliphatic heterocycles. The summed E-state index contributed by atoms with van der Waals surface area (Å²) in [6, 6.07) is 10.0. The number of carbonyl (C=O) groups is 1. The van der Waals surface area contributed by atoms with Crippen molar-refractivity contribution in [1.29, 1.82) is 0 Å². The molecule has 0 unspecified atom stereocenters. The first-order valence-corrected chi connectivity index (χ1v) is 13.2. The maximum atomic E-state index is 12.3. The molecule has 2 rings (SSSR count). The zero-order valence-corrected chi connectivity index (χ0v) is 19.2. The maximum Gasteiger partial charge on any atom is 0.306 e. The van der Waals surface area contributed by atoms with E-state index in [4.69, 9.17) is 13.9 Å². The van der Waals surface area contributed by atoms with Crippen molar-refractivity contribution >= 4 is 14.3 Å². The second-order valence-corrected chi connectivity index (χ2v) is 13.9. The summed E-state index contributed by atoms with van der Waals surface area (Å²) in [6.45, 7) is 13.6. The predicted molar refractivity (Wildman–Crippen MR) is 116 cm³/mol. The summed E-state index contributed by atoms with van der Waals surface area (Å²) in [7, 11) is -1.89. The fraction of sp³-hybridized carbons (Fsp3) is 0.609. The molecule has 28 heavy (non-hydrogen) atoms. The summed E-state index contributed by atoms with van der Waals surface area (Å²) >= 11 is 0. The minimum Gasteiger partial charge on any atom is -0.460 e. The van der Waals surface area contributed by atoms with Gasteiger partial charge in [-0.3, -0.25) is 4.79 Å². The fourth-order valence-electron chi connectivity index (χ4n) is 2.91. The Balaban J connectivity index is 2.06. The first kappa shape index (κ1) is 22.9. The van der Waals surface area contributed by atoms with Gasteiger partial charge in [0, 0.05) is 12.5 Å². The van der Waals surface area contributed by atoms with E-state index in [9.17, 15) is 4.79 Å². The van der Waals surface area contributed by atoms with E-state index >= 15 is 0 Å². The minimum atomic E-state index is -1.89. The van der Waals surface area contributed by atoms with Crippen LogP contribution in [-0.2, 0) is 25.3 Å². The molecule has 0 N–H and O–H groups in total. The molecule has 0 amide bonds. The average Bonchev–Trinajstić information content (AvgIpc) is 2.61. The molecule has 156 valence electrons. The van der Waals surface area contributed by atoms with E-state index in [0.717, 1.165) is 12.0 Å². The molecule has 1 aliphatic rings. The third kappa shape index (κ3) is 6.87. The van der Waals surface area contributed by atoms with E-state index in [1.165, 1.54) is 0 Å². The summed E-state index contributed by atoms with van der Waals surface area (Å²) in [5, 5.41) is 0.141. The van der Waals surface area contributed by atoms with Crippen LogP contribution in [-0.4, -0.2) is 32.6 Å². The lowest BCUT2D eigenvalue weighted by Crippen LogP contribution is -2.44. The number of rotatable bonds is 5. The highest BCUT2D eigenvalue weighted by molar-refractivity contribution is 6.74. The Morgan fingerprint density at radius 3 is 2.50 bits per heavy atom. The van der Waals surface area contributed by atoms with Crippen LogP contribution in [0.5, 0.6) is 0 Å². The number of cyclic esters (lactones) is 1. The topological polar surface area (TPSA) is 44.8 Å². The van der Waals surface area contributed by atoms with Gasteiger partial charge in [0.05, 0.1) is 6.61 Å². The van der Waals surface area contributed by atoms with Crippen molar-refractivity contribution in [3.63, 3.8) is 0 Å². The Morgan fingerprint density at radius 1 is 1.18 bits per heavy atom. The van der Waals surface area contributed by atoms with E-state index < -0.39 is 8.32 Å². The lowest BCUT2D eigenvalue weighted by molar-refractivity contribution is -0.155. The van der Waals surface area contributed by atoms with Crippen molar-refractivity contribution in [3.05, 3.63) is 48.0 Å². The van der Waals surface area contributed by atoms with Crippen LogP contribution in [0.25, 0.3) is 0 Å². The smallest absolute Gasteiger partial charge is 0.306 e. The summed E-state index contributed by atoms with van der Waals surface area (Å²) in [6.07, 6.45) is 5.46. The summed E-state index contributed by atoms with van der Waals surface area (Å²) in [5.41, 5.74) is 1.10. The van der Waals surface area contributed by atoms with Gasteiger partial charge in [-0.1, -0.05) is 63.3 Å². The lowest BCUT2D eigenvalue weighted by atomic mass is 10.1. The van der Waals surface area contributed by atoms with Gasteiger partial charge in [-0.25, -0.2) is 0 Å². The first-order chi connectivity index (χ1) is 13.1. The number of ether oxygens (including phenoxy) is 2. The SMILES string of the molecule is C[C@H]1OC(=O)CC[C@H](O[Si](C)(C)C(C)(C)C)C/C=C\[C@H]1OCc1ccccc1. The average molecular weight is 405 g/mol. The molecule has 0 spiro atoms. The molecule has 1 aromatic carbocycles. The number of esters is 1. The molecule has 0 radical (unpaired) electrons. The first-order valence-electron chi connectivity index (χ1n) is 10.3. The molecule has 1 heterocycles. The van der Waals surface area contributed by atoms with Gasteiger partial charge in [-0.2, -0.15) is 0 Å². The van der Waals surface area contributed by atoms with Crippen molar-refractivity contribution < 1.29 is 18.7 Å². The van der Waals surface area contributed by atoms with Crippen LogP contribution in [0, 0.1) is 0 Å². The van der Waals surface area contributed by atoms with Gasteiger partial charge in [-0.15, -0.1) is 0 Å². The van der Waals surface area contributed by atoms with Gasteiger partial charge in [0.15, 0.2) is 8.32 Å². The summed E-state index contributed by atoms with van der Waals surface area (Å²) in [5.74, 6) is -0.181. The van der Waals surface area contributed by atoms with E-state index in [-0.39, 0.29) is 29.3 Å². The number of benzene rings is 1. The Bertz CT molecular complexity index is 648. The van der Waals surface area contributed by atoms with Crippen LogP contribution in [0.3, 0.4) is 0 Å². The predicted octanol–water partition coefficient (Wildman–Crippen LogP) is 5.63. The quantitative estimate of drug-likeness (QED) is 0.362. The molecule has 0 bridgehead atoms. The van der Waals surface area contributed by atoms with Crippen LogP contribution in [0.15, 0.2) is 42.5 Å². The number of hydrogen-bond donors (Lipinski definition) is 0. The van der Waals surface area contributed by atoms with Crippen molar-refractivity contribution in [1.82, 2.24) is 0 Å². The highest BCUT2D eigenvalue weighted by atomic mass is 28.4. The van der Waals surface area contributed by atoms with Crippen molar-refractivity contribution in [2.24, 2.45) is 0 Å². The molecule has 0 saturated carbocycles. The van der Waals surface area contributed by atoms with Gasteiger partial charge >= 0.3 is 5.97 Å². The van der Waals surface area contributed by atoms with E-state index in [1.54, 1.807) is 0 Å². The standard InChI is InChI=1S/C23H36O4Si/c1-18-21(25-17-19-11-8-7-9-12-19)14-10-13-20(15-16-22(24)26-18)27-28(5,6)23(2,3)4/h7-12,14,18,20-21H,13,15-17H2,1-6H3/b14-10-/t18-,20-,21-/m1/s1. The van der Waals surface area contributed by atoms with Crippen LogP contribution in [0.1, 0.15) is 52.5 Å². The fourth-order valence-corrected chi connectivity index (χ4v) is 4.31. The summed E-state index contributed by atoms with van der Waals surface area (Å²) in [4.78, 5) is 12.3. The van der Waals surface area contributed by atoms with Gasteiger partial charge in [0.1, 0.15) is 12.2 Å². The molecule has 0 fully saturated rings. The van der Waals surface area contributed by atoms with Gasteiger partial charge in [-0.05, 0) is 43.5 Å². The molecule has 0 aromatic heterocycles. The van der Waals surface area contributed by atoms with Gasteiger partial charge in [0.25, 0.3) is 0 Å². The van der Waals surface area contributed by atoms with Crippen molar-refractivity contribution in [2.75, 3.05) is 0 Å². The largest absolute Gasteiger partial charge is 0.460 e. The van der Waals surface area contributed by atoms with Crippen LogP contribution in [0.4, 0.5) is 0 Å². The van der Waals surface area contributed by atoms with Crippen LogP contribution >= 0.6 is 0 Å². The molecule has 0 saturated heterocycles. The summed E-state index contributed by atoms with van der Waals surface area (Å²) < 4.78 is 18.2. The van der Waals surface area contributed by atoms with E-state index in [1.807, 2.05) is 43.3 Å². The third-order valence-electron chi connectivity index (χ3n) is 5.73. The molecule has 5 heteroatoms. The molecule has 4 nitrogen and oxygen atoms in total. The molecular formula is C23H36O4Si.